The molecule has 0 saturated carbocycles. The van der Waals surface area contributed by atoms with Gasteiger partial charge in [0.05, 0.1) is 10.9 Å². The Morgan fingerprint density at radius 1 is 1.35 bits per heavy atom. The molecule has 0 radical (unpaired) electrons. The average Bonchev–Trinajstić information content (AvgIpc) is 2.31. The SMILES string of the molecule is CCCC(C(=O)N(CC)CC(C)CC)C(N)=S. The second kappa shape index (κ2) is 8.45. The zero-order chi connectivity index (χ0) is 13.4. The van der Waals surface area contributed by atoms with Gasteiger partial charge in [-0.15, -0.1) is 0 Å². The monoisotopic (exact) mass is 258 g/mol. The van der Waals surface area contributed by atoms with Crippen LogP contribution >= 0.6 is 12.2 Å². The Morgan fingerprint density at radius 3 is 2.29 bits per heavy atom. The van der Waals surface area contributed by atoms with Crippen molar-refractivity contribution in [2.24, 2.45) is 17.6 Å². The number of hydrogen-bond acceptors (Lipinski definition) is 2. The topological polar surface area (TPSA) is 46.3 Å². The quantitative estimate of drug-likeness (QED) is 0.681. The maximum Gasteiger partial charge on any atom is 0.232 e. The lowest BCUT2D eigenvalue weighted by molar-refractivity contribution is -0.133. The molecule has 0 aromatic heterocycles. The fourth-order valence-corrected chi connectivity index (χ4v) is 2.00. The predicted molar refractivity (Wildman–Crippen MR) is 76.9 cm³/mol. The van der Waals surface area contributed by atoms with E-state index >= 15 is 0 Å². The van der Waals surface area contributed by atoms with E-state index in [1.165, 1.54) is 0 Å². The lowest BCUT2D eigenvalue weighted by Gasteiger charge is -2.28. The summed E-state index contributed by atoms with van der Waals surface area (Å²) in [7, 11) is 0. The zero-order valence-electron chi connectivity index (χ0n) is 11.5. The van der Waals surface area contributed by atoms with Crippen molar-refractivity contribution in [3.63, 3.8) is 0 Å². The van der Waals surface area contributed by atoms with Crippen LogP contribution in [0.25, 0.3) is 0 Å². The average molecular weight is 258 g/mol. The highest BCUT2D eigenvalue weighted by molar-refractivity contribution is 7.80. The maximum atomic E-state index is 12.3. The zero-order valence-corrected chi connectivity index (χ0v) is 12.3. The van der Waals surface area contributed by atoms with Gasteiger partial charge < -0.3 is 10.6 Å². The van der Waals surface area contributed by atoms with Crippen LogP contribution in [0.2, 0.25) is 0 Å². The van der Waals surface area contributed by atoms with Crippen molar-refractivity contribution in [3.05, 3.63) is 0 Å². The molecular formula is C13H26N2OS. The summed E-state index contributed by atoms with van der Waals surface area (Å²) < 4.78 is 0. The van der Waals surface area contributed by atoms with Gasteiger partial charge in [-0.2, -0.15) is 0 Å². The van der Waals surface area contributed by atoms with Gasteiger partial charge in [0.15, 0.2) is 0 Å². The minimum Gasteiger partial charge on any atom is -0.393 e. The number of carbonyl (C=O) groups is 1. The molecule has 1 amide bonds. The summed E-state index contributed by atoms with van der Waals surface area (Å²) in [5.74, 6) is 0.341. The smallest absolute Gasteiger partial charge is 0.232 e. The van der Waals surface area contributed by atoms with Gasteiger partial charge in [0.1, 0.15) is 0 Å². The fraction of sp³-hybridized carbons (Fsp3) is 0.846. The second-order valence-corrected chi connectivity index (χ2v) is 5.11. The molecule has 4 heteroatoms. The number of rotatable bonds is 8. The fourth-order valence-electron chi connectivity index (χ4n) is 1.78. The van der Waals surface area contributed by atoms with Crippen LogP contribution in [0.5, 0.6) is 0 Å². The molecule has 100 valence electrons. The Bertz CT molecular complexity index is 256. The van der Waals surface area contributed by atoms with E-state index in [1.807, 2.05) is 18.7 Å². The predicted octanol–water partition coefficient (Wildman–Crippen LogP) is 2.58. The van der Waals surface area contributed by atoms with Crippen LogP contribution in [0.1, 0.15) is 47.0 Å². The Labute approximate surface area is 111 Å². The normalized spacial score (nSPS) is 14.1. The Balaban J connectivity index is 4.63. The summed E-state index contributed by atoms with van der Waals surface area (Å²) >= 11 is 5.00. The summed E-state index contributed by atoms with van der Waals surface area (Å²) in [6.45, 7) is 9.87. The Morgan fingerprint density at radius 2 is 1.94 bits per heavy atom. The molecular weight excluding hydrogens is 232 g/mol. The van der Waals surface area contributed by atoms with Gasteiger partial charge in [0.25, 0.3) is 0 Å². The molecule has 0 saturated heterocycles. The minimum atomic E-state index is -0.279. The van der Waals surface area contributed by atoms with E-state index < -0.39 is 0 Å². The number of nitrogens with two attached hydrogens (primary N) is 1. The summed E-state index contributed by atoms with van der Waals surface area (Å²) in [4.78, 5) is 14.5. The van der Waals surface area contributed by atoms with Crippen LogP contribution in [0.3, 0.4) is 0 Å². The second-order valence-electron chi connectivity index (χ2n) is 4.63. The lowest BCUT2D eigenvalue weighted by Crippen LogP contribution is -2.42. The van der Waals surface area contributed by atoms with E-state index in [1.54, 1.807) is 0 Å². The summed E-state index contributed by atoms with van der Waals surface area (Å²) in [5.41, 5.74) is 5.66. The third-order valence-electron chi connectivity index (χ3n) is 3.14. The van der Waals surface area contributed by atoms with Crippen LogP contribution in [-0.4, -0.2) is 28.9 Å². The van der Waals surface area contributed by atoms with Crippen molar-refractivity contribution in [1.29, 1.82) is 0 Å². The summed E-state index contributed by atoms with van der Waals surface area (Å²) in [6.07, 6.45) is 2.76. The minimum absolute atomic E-state index is 0.0992. The van der Waals surface area contributed by atoms with Crippen molar-refractivity contribution in [2.75, 3.05) is 13.1 Å². The van der Waals surface area contributed by atoms with Crippen LogP contribution in [-0.2, 0) is 4.79 Å². The molecule has 0 aliphatic rings. The first-order chi connectivity index (χ1) is 7.97. The molecule has 0 aliphatic heterocycles. The Kier molecular flexibility index (Phi) is 8.13. The Hall–Kier alpha value is -0.640. The van der Waals surface area contributed by atoms with E-state index in [4.69, 9.17) is 18.0 Å². The molecule has 0 aromatic rings. The molecule has 2 N–H and O–H groups in total. The van der Waals surface area contributed by atoms with Crippen LogP contribution in [0.4, 0.5) is 0 Å². The molecule has 0 heterocycles. The molecule has 2 unspecified atom stereocenters. The molecule has 0 rings (SSSR count). The first-order valence-electron chi connectivity index (χ1n) is 6.55. The van der Waals surface area contributed by atoms with Crippen molar-refractivity contribution >= 4 is 23.1 Å². The molecule has 2 atom stereocenters. The molecule has 17 heavy (non-hydrogen) atoms. The van der Waals surface area contributed by atoms with Crippen molar-refractivity contribution < 1.29 is 4.79 Å². The molecule has 0 fully saturated rings. The van der Waals surface area contributed by atoms with Crippen molar-refractivity contribution in [3.8, 4) is 0 Å². The third-order valence-corrected chi connectivity index (χ3v) is 3.43. The van der Waals surface area contributed by atoms with Gasteiger partial charge >= 0.3 is 0 Å². The van der Waals surface area contributed by atoms with E-state index in [0.717, 1.165) is 32.4 Å². The van der Waals surface area contributed by atoms with Crippen LogP contribution < -0.4 is 5.73 Å². The van der Waals surface area contributed by atoms with Crippen LogP contribution in [0.15, 0.2) is 0 Å². The van der Waals surface area contributed by atoms with Crippen molar-refractivity contribution in [1.82, 2.24) is 4.90 Å². The largest absolute Gasteiger partial charge is 0.393 e. The highest BCUT2D eigenvalue weighted by atomic mass is 32.1. The van der Waals surface area contributed by atoms with E-state index in [2.05, 4.69) is 13.8 Å². The summed E-state index contributed by atoms with van der Waals surface area (Å²) in [5, 5.41) is 0. The first-order valence-corrected chi connectivity index (χ1v) is 6.96. The van der Waals surface area contributed by atoms with E-state index in [-0.39, 0.29) is 11.8 Å². The maximum absolute atomic E-state index is 12.3. The van der Waals surface area contributed by atoms with Gasteiger partial charge in [-0.3, -0.25) is 4.79 Å². The number of carbonyl (C=O) groups excluding carboxylic acids is 1. The molecule has 3 nitrogen and oxygen atoms in total. The molecule has 0 spiro atoms. The van der Waals surface area contributed by atoms with Gasteiger partial charge in [0, 0.05) is 13.1 Å². The van der Waals surface area contributed by atoms with Gasteiger partial charge in [-0.05, 0) is 19.3 Å². The van der Waals surface area contributed by atoms with Gasteiger partial charge in [0.2, 0.25) is 5.91 Å². The lowest BCUT2D eigenvalue weighted by atomic mass is 10.0. The number of hydrogen-bond donors (Lipinski definition) is 1. The number of thiocarbonyl (C=S) groups is 1. The first kappa shape index (κ1) is 16.4. The summed E-state index contributed by atoms with van der Waals surface area (Å²) in [6, 6.07) is 0. The molecule has 0 aliphatic carbocycles. The third kappa shape index (κ3) is 5.48. The molecule has 0 aromatic carbocycles. The van der Waals surface area contributed by atoms with Gasteiger partial charge in [-0.25, -0.2) is 0 Å². The molecule has 0 bridgehead atoms. The number of nitrogens with zero attached hydrogens (tertiary/aromatic N) is 1. The highest BCUT2D eigenvalue weighted by Crippen LogP contribution is 2.13. The van der Waals surface area contributed by atoms with Crippen molar-refractivity contribution in [2.45, 2.75) is 47.0 Å². The van der Waals surface area contributed by atoms with Gasteiger partial charge in [-0.1, -0.05) is 45.8 Å². The van der Waals surface area contributed by atoms with Crippen LogP contribution in [0, 0.1) is 11.8 Å². The standard InChI is InChI=1S/C13H26N2OS/c1-5-8-11(12(14)17)13(16)15(7-3)9-10(4)6-2/h10-11H,5-9H2,1-4H3,(H2,14,17). The highest BCUT2D eigenvalue weighted by Gasteiger charge is 2.25. The van der Waals surface area contributed by atoms with E-state index in [9.17, 15) is 4.79 Å². The number of amides is 1. The van der Waals surface area contributed by atoms with E-state index in [0.29, 0.717) is 10.9 Å².